The molecule has 0 atom stereocenters. The van der Waals surface area contributed by atoms with E-state index in [1.807, 2.05) is 13.0 Å². The third kappa shape index (κ3) is 2.28. The van der Waals surface area contributed by atoms with Gasteiger partial charge in [-0.05, 0) is 12.5 Å². The number of carbonyl (C=O) groups is 1. The van der Waals surface area contributed by atoms with Gasteiger partial charge in [0.25, 0.3) is 5.56 Å². The minimum Gasteiger partial charge on any atom is -0.347 e. The molecular formula is C12H15N3O2S. The fourth-order valence-corrected chi connectivity index (χ4v) is 2.51. The van der Waals surface area contributed by atoms with Crippen molar-refractivity contribution in [1.82, 2.24) is 14.5 Å². The third-order valence-corrected chi connectivity index (χ3v) is 3.91. The molecule has 0 bridgehead atoms. The maximum absolute atomic E-state index is 12.2. The monoisotopic (exact) mass is 265 g/mol. The van der Waals surface area contributed by atoms with Gasteiger partial charge in [0, 0.05) is 19.0 Å². The Labute approximate surface area is 109 Å². The molecule has 0 spiro atoms. The highest BCUT2D eigenvalue weighted by atomic mass is 32.1. The summed E-state index contributed by atoms with van der Waals surface area (Å²) in [6.07, 6.45) is 2.33. The predicted molar refractivity (Wildman–Crippen MR) is 72.0 cm³/mol. The van der Waals surface area contributed by atoms with Crippen molar-refractivity contribution in [1.29, 1.82) is 0 Å². The highest BCUT2D eigenvalue weighted by Crippen LogP contribution is 2.20. The van der Waals surface area contributed by atoms with Crippen molar-refractivity contribution in [2.75, 3.05) is 14.1 Å². The fraction of sp³-hybridized carbons (Fsp3) is 0.417. The van der Waals surface area contributed by atoms with E-state index in [0.29, 0.717) is 5.39 Å². The maximum atomic E-state index is 12.2. The Morgan fingerprint density at radius 1 is 1.50 bits per heavy atom. The normalized spacial score (nSPS) is 10.8. The molecular weight excluding hydrogens is 250 g/mol. The fourth-order valence-electron chi connectivity index (χ4n) is 1.58. The summed E-state index contributed by atoms with van der Waals surface area (Å²) in [5, 5.41) is 0.603. The Balaban J connectivity index is 2.44. The van der Waals surface area contributed by atoms with Crippen LogP contribution in [0.25, 0.3) is 10.2 Å². The molecule has 96 valence electrons. The molecule has 0 saturated heterocycles. The SMILES string of the molecule is CCc1cc2c(=O)n(CC(=O)N(C)C)cnc2s1. The lowest BCUT2D eigenvalue weighted by Gasteiger charge is -2.10. The first-order chi connectivity index (χ1) is 8.52. The van der Waals surface area contributed by atoms with E-state index in [2.05, 4.69) is 4.98 Å². The van der Waals surface area contributed by atoms with Crippen LogP contribution >= 0.6 is 11.3 Å². The van der Waals surface area contributed by atoms with Crippen LogP contribution in [0.1, 0.15) is 11.8 Å². The van der Waals surface area contributed by atoms with Crippen LogP contribution < -0.4 is 5.56 Å². The summed E-state index contributed by atoms with van der Waals surface area (Å²) in [6.45, 7) is 2.07. The van der Waals surface area contributed by atoms with Gasteiger partial charge in [-0.2, -0.15) is 0 Å². The number of carbonyl (C=O) groups excluding carboxylic acids is 1. The van der Waals surface area contributed by atoms with Crippen molar-refractivity contribution >= 4 is 27.5 Å². The number of rotatable bonds is 3. The first-order valence-electron chi connectivity index (χ1n) is 5.71. The second-order valence-electron chi connectivity index (χ2n) is 4.25. The van der Waals surface area contributed by atoms with Gasteiger partial charge in [-0.1, -0.05) is 6.92 Å². The van der Waals surface area contributed by atoms with Gasteiger partial charge in [-0.25, -0.2) is 4.98 Å². The largest absolute Gasteiger partial charge is 0.347 e. The first-order valence-corrected chi connectivity index (χ1v) is 6.52. The van der Waals surface area contributed by atoms with E-state index in [1.54, 1.807) is 14.1 Å². The number of hydrogen-bond acceptors (Lipinski definition) is 4. The number of hydrogen-bond donors (Lipinski definition) is 0. The maximum Gasteiger partial charge on any atom is 0.262 e. The second kappa shape index (κ2) is 4.89. The Kier molecular flexibility index (Phi) is 3.47. The molecule has 18 heavy (non-hydrogen) atoms. The summed E-state index contributed by atoms with van der Waals surface area (Å²) >= 11 is 1.53. The zero-order valence-electron chi connectivity index (χ0n) is 10.6. The molecule has 1 amide bonds. The summed E-state index contributed by atoms with van der Waals surface area (Å²) in [6, 6.07) is 1.87. The van der Waals surface area contributed by atoms with Crippen LogP contribution in [0.3, 0.4) is 0 Å². The van der Waals surface area contributed by atoms with Gasteiger partial charge in [-0.15, -0.1) is 11.3 Å². The molecule has 0 N–H and O–H groups in total. The van der Waals surface area contributed by atoms with Crippen molar-refractivity contribution < 1.29 is 4.79 Å². The van der Waals surface area contributed by atoms with Gasteiger partial charge in [0.2, 0.25) is 5.91 Å². The molecule has 2 aromatic rings. The summed E-state index contributed by atoms with van der Waals surface area (Å²) in [5.41, 5.74) is -0.147. The molecule has 0 radical (unpaired) electrons. The minimum absolute atomic E-state index is 0.0338. The second-order valence-corrected chi connectivity index (χ2v) is 5.37. The van der Waals surface area contributed by atoms with Gasteiger partial charge in [0.05, 0.1) is 11.7 Å². The molecule has 5 nitrogen and oxygen atoms in total. The van der Waals surface area contributed by atoms with Crippen molar-refractivity contribution in [3.05, 3.63) is 27.6 Å². The molecule has 0 aromatic carbocycles. The van der Waals surface area contributed by atoms with E-state index in [-0.39, 0.29) is 18.0 Å². The van der Waals surface area contributed by atoms with Crippen molar-refractivity contribution in [3.8, 4) is 0 Å². The molecule has 2 aromatic heterocycles. The van der Waals surface area contributed by atoms with Crippen LogP contribution in [0.5, 0.6) is 0 Å². The van der Waals surface area contributed by atoms with Gasteiger partial charge in [-0.3, -0.25) is 14.2 Å². The van der Waals surface area contributed by atoms with Gasteiger partial charge in [0.1, 0.15) is 11.4 Å². The molecule has 2 rings (SSSR count). The predicted octanol–water partition coefficient (Wildman–Crippen LogP) is 1.11. The molecule has 0 aliphatic carbocycles. The molecule has 0 fully saturated rings. The quantitative estimate of drug-likeness (QED) is 0.835. The average Bonchev–Trinajstić information content (AvgIpc) is 2.76. The molecule has 0 saturated carbocycles. The minimum atomic E-state index is -0.147. The topological polar surface area (TPSA) is 55.2 Å². The Hall–Kier alpha value is -1.69. The van der Waals surface area contributed by atoms with E-state index >= 15 is 0 Å². The van der Waals surface area contributed by atoms with Crippen molar-refractivity contribution in [3.63, 3.8) is 0 Å². The molecule has 2 heterocycles. The van der Waals surface area contributed by atoms with Crippen LogP contribution in [0.15, 0.2) is 17.2 Å². The van der Waals surface area contributed by atoms with Crippen LogP contribution in [0.4, 0.5) is 0 Å². The van der Waals surface area contributed by atoms with Gasteiger partial charge in [0.15, 0.2) is 0 Å². The van der Waals surface area contributed by atoms with Crippen LogP contribution in [-0.2, 0) is 17.8 Å². The number of thiophene rings is 1. The van der Waals surface area contributed by atoms with E-state index < -0.39 is 0 Å². The summed E-state index contributed by atoms with van der Waals surface area (Å²) in [7, 11) is 3.33. The average molecular weight is 265 g/mol. The Morgan fingerprint density at radius 3 is 2.83 bits per heavy atom. The molecule has 6 heteroatoms. The summed E-state index contributed by atoms with van der Waals surface area (Å²) in [4.78, 5) is 31.3. The highest BCUT2D eigenvalue weighted by Gasteiger charge is 2.11. The van der Waals surface area contributed by atoms with Crippen LogP contribution in [0.2, 0.25) is 0 Å². The number of aromatic nitrogens is 2. The lowest BCUT2D eigenvalue weighted by molar-refractivity contribution is -0.129. The lowest BCUT2D eigenvalue weighted by Crippen LogP contribution is -2.31. The first kappa shape index (κ1) is 12.8. The van der Waals surface area contributed by atoms with Gasteiger partial charge < -0.3 is 4.90 Å². The zero-order chi connectivity index (χ0) is 13.3. The van der Waals surface area contributed by atoms with E-state index in [0.717, 1.165) is 16.1 Å². The number of likely N-dealkylation sites (N-methyl/N-ethyl adjacent to an activating group) is 1. The number of amides is 1. The summed E-state index contributed by atoms with van der Waals surface area (Å²) < 4.78 is 1.36. The van der Waals surface area contributed by atoms with Crippen molar-refractivity contribution in [2.45, 2.75) is 19.9 Å². The van der Waals surface area contributed by atoms with Crippen LogP contribution in [0, 0.1) is 0 Å². The number of nitrogens with zero attached hydrogens (tertiary/aromatic N) is 3. The van der Waals surface area contributed by atoms with E-state index in [1.165, 1.54) is 27.1 Å². The summed E-state index contributed by atoms with van der Waals surface area (Å²) in [5.74, 6) is -0.121. The number of fused-ring (bicyclic) bond motifs is 1. The molecule has 0 unspecified atom stereocenters. The molecule has 0 aliphatic heterocycles. The van der Waals surface area contributed by atoms with E-state index in [9.17, 15) is 9.59 Å². The molecule has 0 aliphatic rings. The van der Waals surface area contributed by atoms with Gasteiger partial charge >= 0.3 is 0 Å². The van der Waals surface area contributed by atoms with E-state index in [4.69, 9.17) is 0 Å². The standard InChI is InChI=1S/C12H15N3O2S/c1-4-8-5-9-11(18-8)13-7-15(12(9)17)6-10(16)14(2)3/h5,7H,4,6H2,1-3H3. The Bertz CT molecular complexity index is 642. The van der Waals surface area contributed by atoms with Crippen LogP contribution in [-0.4, -0.2) is 34.5 Å². The lowest BCUT2D eigenvalue weighted by atomic mass is 10.3. The number of aryl methyl sites for hydroxylation is 1. The Morgan fingerprint density at radius 2 is 2.22 bits per heavy atom. The zero-order valence-corrected chi connectivity index (χ0v) is 11.5. The highest BCUT2D eigenvalue weighted by molar-refractivity contribution is 7.18. The smallest absolute Gasteiger partial charge is 0.262 e. The van der Waals surface area contributed by atoms with Crippen molar-refractivity contribution in [2.24, 2.45) is 0 Å². The third-order valence-electron chi connectivity index (χ3n) is 2.72.